The molecule has 1 aromatic carbocycles. The Morgan fingerprint density at radius 2 is 1.79 bits per heavy atom. The largest absolute Gasteiger partial charge is 0.370 e. The van der Waals surface area contributed by atoms with Crippen molar-refractivity contribution in [2.45, 2.75) is 39.8 Å². The van der Waals surface area contributed by atoms with E-state index in [9.17, 15) is 4.79 Å². The molecular formula is C20H34IN5OS. The molecule has 0 saturated carbocycles. The van der Waals surface area contributed by atoms with Gasteiger partial charge in [-0.3, -0.25) is 4.79 Å². The lowest BCUT2D eigenvalue weighted by molar-refractivity contribution is -0.121. The predicted octanol–water partition coefficient (Wildman–Crippen LogP) is 2.83. The van der Waals surface area contributed by atoms with Gasteiger partial charge in [-0.25, -0.2) is 4.99 Å². The van der Waals surface area contributed by atoms with Crippen molar-refractivity contribution in [1.29, 1.82) is 0 Å². The normalized spacial score (nSPS) is 14.9. The highest BCUT2D eigenvalue weighted by molar-refractivity contribution is 14.0. The molecule has 1 saturated heterocycles. The number of rotatable bonds is 6. The fourth-order valence-electron chi connectivity index (χ4n) is 2.77. The average Bonchev–Trinajstić information content (AvgIpc) is 2.64. The molecule has 2 rings (SSSR count). The minimum absolute atomic E-state index is 0. The molecule has 1 fully saturated rings. The summed E-state index contributed by atoms with van der Waals surface area (Å²) in [4.78, 5) is 19.0. The van der Waals surface area contributed by atoms with Crippen LogP contribution in [0.15, 0.2) is 29.3 Å². The first-order chi connectivity index (χ1) is 12.9. The molecule has 0 atom stereocenters. The van der Waals surface area contributed by atoms with E-state index in [1.165, 1.54) is 17.2 Å². The van der Waals surface area contributed by atoms with Gasteiger partial charge in [-0.2, -0.15) is 11.8 Å². The second-order valence-electron chi connectivity index (χ2n) is 7.61. The molecule has 0 aromatic heterocycles. The van der Waals surface area contributed by atoms with Crippen LogP contribution in [0.2, 0.25) is 0 Å². The lowest BCUT2D eigenvalue weighted by Crippen LogP contribution is -2.48. The molecule has 1 aromatic rings. The summed E-state index contributed by atoms with van der Waals surface area (Å²) in [5.74, 6) is 3.01. The molecule has 158 valence electrons. The van der Waals surface area contributed by atoms with Crippen LogP contribution in [-0.4, -0.2) is 55.1 Å². The second kappa shape index (κ2) is 12.4. The Hall–Kier alpha value is -1.16. The Bertz CT molecular complexity index is 624. The molecule has 8 heteroatoms. The quantitative estimate of drug-likeness (QED) is 0.307. The Morgan fingerprint density at radius 3 is 2.36 bits per heavy atom. The molecule has 0 radical (unpaired) electrons. The highest BCUT2D eigenvalue weighted by Crippen LogP contribution is 2.20. The summed E-state index contributed by atoms with van der Waals surface area (Å²) in [6, 6.07) is 8.63. The number of amides is 1. The van der Waals surface area contributed by atoms with E-state index in [1.807, 2.05) is 39.5 Å². The number of carbonyl (C=O) groups is 1. The van der Waals surface area contributed by atoms with Gasteiger partial charge in [0.1, 0.15) is 0 Å². The summed E-state index contributed by atoms with van der Waals surface area (Å²) in [6.07, 6.45) is 0. The fraction of sp³-hybridized carbons (Fsp3) is 0.600. The highest BCUT2D eigenvalue weighted by atomic mass is 127. The summed E-state index contributed by atoms with van der Waals surface area (Å²) in [6.45, 7) is 11.7. The van der Waals surface area contributed by atoms with Gasteiger partial charge in [0.05, 0.1) is 13.1 Å². The Labute approximate surface area is 190 Å². The van der Waals surface area contributed by atoms with Crippen molar-refractivity contribution in [3.05, 3.63) is 29.8 Å². The van der Waals surface area contributed by atoms with E-state index in [4.69, 9.17) is 0 Å². The summed E-state index contributed by atoms with van der Waals surface area (Å²) in [5.41, 5.74) is 2.21. The second-order valence-corrected chi connectivity index (χ2v) is 8.84. The van der Waals surface area contributed by atoms with E-state index in [1.54, 1.807) is 0 Å². The van der Waals surface area contributed by atoms with E-state index >= 15 is 0 Å². The third-order valence-electron chi connectivity index (χ3n) is 4.01. The lowest BCUT2D eigenvalue weighted by Gasteiger charge is -2.28. The minimum Gasteiger partial charge on any atom is -0.370 e. The van der Waals surface area contributed by atoms with Gasteiger partial charge in [0.25, 0.3) is 0 Å². The first kappa shape index (κ1) is 24.9. The van der Waals surface area contributed by atoms with Crippen LogP contribution in [0.25, 0.3) is 0 Å². The number of nitrogens with zero attached hydrogens (tertiary/aromatic N) is 2. The lowest BCUT2D eigenvalue weighted by atomic mass is 10.1. The standard InChI is InChI=1S/C20H33N5OS.HI/c1-5-21-19(23-15-18(26)24-20(2,3)4)22-14-16-6-8-17(9-7-16)25-10-12-27-13-11-25;/h6-9H,5,10-15H2,1-4H3,(H,24,26)(H2,21,22,23);1H. The van der Waals surface area contributed by atoms with E-state index < -0.39 is 0 Å². The molecule has 3 N–H and O–H groups in total. The zero-order valence-electron chi connectivity index (χ0n) is 17.4. The zero-order valence-corrected chi connectivity index (χ0v) is 20.5. The fourth-order valence-corrected chi connectivity index (χ4v) is 3.68. The van der Waals surface area contributed by atoms with Crippen molar-refractivity contribution in [2.24, 2.45) is 4.99 Å². The molecule has 1 aliphatic heterocycles. The third-order valence-corrected chi connectivity index (χ3v) is 4.95. The number of hydrogen-bond donors (Lipinski definition) is 3. The molecule has 28 heavy (non-hydrogen) atoms. The average molecular weight is 519 g/mol. The highest BCUT2D eigenvalue weighted by Gasteiger charge is 2.14. The molecular weight excluding hydrogens is 485 g/mol. The Balaban J connectivity index is 0.00000392. The SMILES string of the molecule is CCNC(=NCc1ccc(N2CCSCC2)cc1)NCC(=O)NC(C)(C)C.I. The van der Waals surface area contributed by atoms with Gasteiger partial charge in [-0.15, -0.1) is 24.0 Å². The van der Waals surface area contributed by atoms with Gasteiger partial charge in [0.2, 0.25) is 5.91 Å². The topological polar surface area (TPSA) is 68.8 Å². The van der Waals surface area contributed by atoms with Gasteiger partial charge in [-0.1, -0.05) is 12.1 Å². The third kappa shape index (κ3) is 9.36. The number of hydrogen-bond acceptors (Lipinski definition) is 4. The van der Waals surface area contributed by atoms with Gasteiger partial charge in [0, 0.05) is 42.4 Å². The number of nitrogens with one attached hydrogen (secondary N) is 3. The predicted molar refractivity (Wildman–Crippen MR) is 132 cm³/mol. The van der Waals surface area contributed by atoms with Crippen LogP contribution in [0.3, 0.4) is 0 Å². The maximum absolute atomic E-state index is 12.0. The molecule has 1 aliphatic rings. The number of aliphatic imine (C=N–C) groups is 1. The van der Waals surface area contributed by atoms with Crippen LogP contribution in [0.1, 0.15) is 33.3 Å². The number of guanidine groups is 1. The van der Waals surface area contributed by atoms with Crippen molar-refractivity contribution in [3.8, 4) is 0 Å². The van der Waals surface area contributed by atoms with Crippen LogP contribution < -0.4 is 20.9 Å². The summed E-state index contributed by atoms with van der Waals surface area (Å²) in [7, 11) is 0. The van der Waals surface area contributed by atoms with E-state index in [0.717, 1.165) is 25.2 Å². The van der Waals surface area contributed by atoms with Crippen molar-refractivity contribution in [3.63, 3.8) is 0 Å². The number of benzene rings is 1. The van der Waals surface area contributed by atoms with Crippen LogP contribution in [-0.2, 0) is 11.3 Å². The first-order valence-electron chi connectivity index (χ1n) is 9.62. The van der Waals surface area contributed by atoms with E-state index in [-0.39, 0.29) is 42.0 Å². The molecule has 6 nitrogen and oxygen atoms in total. The minimum atomic E-state index is -0.233. The Kier molecular flexibility index (Phi) is 11.0. The van der Waals surface area contributed by atoms with E-state index in [0.29, 0.717) is 12.5 Å². The Morgan fingerprint density at radius 1 is 1.14 bits per heavy atom. The summed E-state index contributed by atoms with van der Waals surface area (Å²) >= 11 is 2.02. The zero-order chi connectivity index (χ0) is 19.7. The smallest absolute Gasteiger partial charge is 0.239 e. The summed E-state index contributed by atoms with van der Waals surface area (Å²) < 4.78 is 0. The van der Waals surface area contributed by atoms with Gasteiger partial charge in [0.15, 0.2) is 5.96 Å². The monoisotopic (exact) mass is 519 g/mol. The van der Waals surface area contributed by atoms with Crippen LogP contribution in [0.4, 0.5) is 5.69 Å². The van der Waals surface area contributed by atoms with Crippen LogP contribution in [0.5, 0.6) is 0 Å². The van der Waals surface area contributed by atoms with Gasteiger partial charge < -0.3 is 20.9 Å². The first-order valence-corrected chi connectivity index (χ1v) is 10.8. The van der Waals surface area contributed by atoms with Crippen molar-refractivity contribution >= 4 is 53.3 Å². The number of anilines is 1. The molecule has 0 unspecified atom stereocenters. The van der Waals surface area contributed by atoms with Gasteiger partial charge in [-0.05, 0) is 45.4 Å². The molecule has 1 amide bonds. The summed E-state index contributed by atoms with van der Waals surface area (Å²) in [5, 5.41) is 9.21. The van der Waals surface area contributed by atoms with Crippen molar-refractivity contribution < 1.29 is 4.79 Å². The van der Waals surface area contributed by atoms with Crippen LogP contribution in [0, 0.1) is 0 Å². The maximum Gasteiger partial charge on any atom is 0.239 e. The number of carbonyl (C=O) groups excluding carboxylic acids is 1. The number of halogens is 1. The molecule has 0 bridgehead atoms. The molecule has 0 spiro atoms. The van der Waals surface area contributed by atoms with Gasteiger partial charge >= 0.3 is 0 Å². The van der Waals surface area contributed by atoms with Crippen molar-refractivity contribution in [2.75, 3.05) is 42.6 Å². The van der Waals surface area contributed by atoms with E-state index in [2.05, 4.69) is 50.1 Å². The van der Waals surface area contributed by atoms with Crippen molar-refractivity contribution in [1.82, 2.24) is 16.0 Å². The van der Waals surface area contributed by atoms with Crippen LogP contribution >= 0.6 is 35.7 Å². The maximum atomic E-state index is 12.0. The molecule has 0 aliphatic carbocycles. The molecule has 1 heterocycles. The number of thioether (sulfide) groups is 1.